The normalized spacial score (nSPS) is 11.6. The summed E-state index contributed by atoms with van der Waals surface area (Å²) in [5, 5.41) is 2.85. The minimum atomic E-state index is -0.758. The van der Waals surface area contributed by atoms with Gasteiger partial charge in [-0.15, -0.1) is 0 Å². The Labute approximate surface area is 214 Å². The van der Waals surface area contributed by atoms with Gasteiger partial charge in [0.05, 0.1) is 0 Å². The largest absolute Gasteiger partial charge is 0.484 e. The number of halogens is 2. The molecule has 0 saturated heterocycles. The maximum absolute atomic E-state index is 13.5. The maximum Gasteiger partial charge on any atom is 0.261 e. The summed E-state index contributed by atoms with van der Waals surface area (Å²) in [6.45, 7) is 6.11. The number of nitrogens with one attached hydrogen (secondary N) is 1. The lowest BCUT2D eigenvalue weighted by Gasteiger charge is -2.31. The van der Waals surface area contributed by atoms with Crippen LogP contribution in [-0.2, 0) is 22.6 Å². The molecule has 0 aliphatic carbocycles. The summed E-state index contributed by atoms with van der Waals surface area (Å²) in [7, 11) is 0. The molecule has 0 spiro atoms. The Hall–Kier alpha value is -3.19. The Bertz CT molecular complexity index is 1130. The SMILES string of the molecule is CCNC(=O)[C@H](Cc1ccccc1)N(Cc1ccc(F)cc1)C(=O)COc1cc(C)c(Br)c(C)c1. The van der Waals surface area contributed by atoms with E-state index < -0.39 is 6.04 Å². The van der Waals surface area contributed by atoms with Crippen LogP contribution in [0.25, 0.3) is 0 Å². The van der Waals surface area contributed by atoms with E-state index in [2.05, 4.69) is 21.2 Å². The second kappa shape index (κ2) is 12.5. The molecule has 2 amide bonds. The fraction of sp³-hybridized carbons (Fsp3) is 0.286. The van der Waals surface area contributed by atoms with Gasteiger partial charge in [0.25, 0.3) is 5.91 Å². The third-order valence-corrected chi connectivity index (χ3v) is 6.91. The molecule has 184 valence electrons. The maximum atomic E-state index is 13.5. The van der Waals surface area contributed by atoms with Crippen LogP contribution in [-0.4, -0.2) is 35.9 Å². The van der Waals surface area contributed by atoms with Crippen LogP contribution >= 0.6 is 15.9 Å². The van der Waals surface area contributed by atoms with Crippen molar-refractivity contribution in [3.05, 3.63) is 99.3 Å². The van der Waals surface area contributed by atoms with Crippen molar-refractivity contribution in [3.8, 4) is 5.75 Å². The summed E-state index contributed by atoms with van der Waals surface area (Å²) in [5.74, 6) is -0.363. The van der Waals surface area contributed by atoms with Gasteiger partial charge in [0.2, 0.25) is 5.91 Å². The zero-order valence-corrected chi connectivity index (χ0v) is 21.8. The molecule has 0 radical (unpaired) electrons. The number of hydrogen-bond acceptors (Lipinski definition) is 3. The Morgan fingerprint density at radius 3 is 2.23 bits per heavy atom. The Kier molecular flexibility index (Phi) is 9.43. The van der Waals surface area contributed by atoms with Crippen molar-refractivity contribution in [1.29, 1.82) is 0 Å². The molecule has 0 aliphatic rings. The van der Waals surface area contributed by atoms with Crippen LogP contribution in [0.15, 0.2) is 71.2 Å². The second-order valence-electron chi connectivity index (χ2n) is 8.41. The molecule has 35 heavy (non-hydrogen) atoms. The molecule has 3 aromatic rings. The first kappa shape index (κ1) is 26.4. The van der Waals surface area contributed by atoms with Crippen LogP contribution in [0.1, 0.15) is 29.2 Å². The number of rotatable bonds is 10. The predicted molar refractivity (Wildman–Crippen MR) is 139 cm³/mol. The van der Waals surface area contributed by atoms with Gasteiger partial charge in [-0.1, -0.05) is 58.4 Å². The van der Waals surface area contributed by atoms with E-state index in [-0.39, 0.29) is 30.8 Å². The van der Waals surface area contributed by atoms with Crippen LogP contribution in [0.2, 0.25) is 0 Å². The van der Waals surface area contributed by atoms with Gasteiger partial charge in [0.1, 0.15) is 17.6 Å². The molecule has 1 atom stereocenters. The van der Waals surface area contributed by atoms with Crippen LogP contribution < -0.4 is 10.1 Å². The summed E-state index contributed by atoms with van der Waals surface area (Å²) in [5.41, 5.74) is 3.65. The molecule has 0 heterocycles. The first-order valence-electron chi connectivity index (χ1n) is 11.5. The number of aryl methyl sites for hydroxylation is 2. The molecule has 1 N–H and O–H groups in total. The van der Waals surface area contributed by atoms with Crippen LogP contribution in [0.3, 0.4) is 0 Å². The summed E-state index contributed by atoms with van der Waals surface area (Å²) < 4.78 is 20.3. The van der Waals surface area contributed by atoms with Gasteiger partial charge in [0, 0.05) is 24.0 Å². The molecule has 3 rings (SSSR count). The third-order valence-electron chi connectivity index (χ3n) is 5.66. The zero-order valence-electron chi connectivity index (χ0n) is 20.2. The molecular weight excluding hydrogens is 511 g/mol. The van der Waals surface area contributed by atoms with Crippen molar-refractivity contribution in [2.24, 2.45) is 0 Å². The Morgan fingerprint density at radius 2 is 1.63 bits per heavy atom. The van der Waals surface area contributed by atoms with Gasteiger partial charge in [-0.3, -0.25) is 9.59 Å². The summed E-state index contributed by atoms with van der Waals surface area (Å²) in [6.07, 6.45) is 0.343. The average Bonchev–Trinajstić information content (AvgIpc) is 2.85. The Balaban J connectivity index is 1.89. The van der Waals surface area contributed by atoms with Gasteiger partial charge in [0.15, 0.2) is 6.61 Å². The lowest BCUT2D eigenvalue weighted by atomic mass is 10.0. The highest BCUT2D eigenvalue weighted by Crippen LogP contribution is 2.26. The van der Waals surface area contributed by atoms with Crippen LogP contribution in [0, 0.1) is 19.7 Å². The Morgan fingerprint density at radius 1 is 1.00 bits per heavy atom. The van der Waals surface area contributed by atoms with E-state index in [1.807, 2.05) is 63.2 Å². The topological polar surface area (TPSA) is 58.6 Å². The molecule has 0 aliphatic heterocycles. The standard InChI is InChI=1S/C28H30BrFN2O3/c1-4-31-28(34)25(16-21-8-6-5-7-9-21)32(17-22-10-12-23(30)13-11-22)26(33)18-35-24-14-19(2)27(29)20(3)15-24/h5-15,25H,4,16-18H2,1-3H3,(H,31,34)/t25-/m0/s1. The van der Waals surface area contributed by atoms with Gasteiger partial charge in [-0.2, -0.15) is 0 Å². The van der Waals surface area contributed by atoms with Crippen molar-refractivity contribution in [2.45, 2.75) is 39.8 Å². The molecule has 3 aromatic carbocycles. The molecule has 0 fully saturated rings. The van der Waals surface area contributed by atoms with Crippen molar-refractivity contribution in [2.75, 3.05) is 13.2 Å². The van der Waals surface area contributed by atoms with Gasteiger partial charge in [-0.05, 0) is 67.3 Å². The quantitative estimate of drug-likeness (QED) is 0.376. The number of nitrogens with zero attached hydrogens (tertiary/aromatic N) is 1. The summed E-state index contributed by atoms with van der Waals surface area (Å²) >= 11 is 3.54. The smallest absolute Gasteiger partial charge is 0.261 e. The number of ether oxygens (including phenoxy) is 1. The van der Waals surface area contributed by atoms with Gasteiger partial charge in [-0.25, -0.2) is 4.39 Å². The van der Waals surface area contributed by atoms with Crippen molar-refractivity contribution < 1.29 is 18.7 Å². The summed E-state index contributed by atoms with van der Waals surface area (Å²) in [6, 6.07) is 18.5. The zero-order chi connectivity index (χ0) is 25.4. The molecular formula is C28H30BrFN2O3. The number of amides is 2. The van der Waals surface area contributed by atoms with E-state index >= 15 is 0 Å². The van der Waals surface area contributed by atoms with E-state index in [1.54, 1.807) is 12.1 Å². The molecule has 5 nitrogen and oxygen atoms in total. The number of carbonyl (C=O) groups excluding carboxylic acids is 2. The molecule has 0 saturated carbocycles. The number of carbonyl (C=O) groups is 2. The highest BCUT2D eigenvalue weighted by molar-refractivity contribution is 9.10. The van der Waals surface area contributed by atoms with E-state index in [4.69, 9.17) is 4.74 Å². The van der Waals surface area contributed by atoms with E-state index in [0.29, 0.717) is 18.7 Å². The molecule has 0 unspecified atom stereocenters. The summed E-state index contributed by atoms with van der Waals surface area (Å²) in [4.78, 5) is 28.1. The minimum absolute atomic E-state index is 0.148. The average molecular weight is 541 g/mol. The van der Waals surface area contributed by atoms with Crippen LogP contribution in [0.4, 0.5) is 4.39 Å². The highest BCUT2D eigenvalue weighted by Gasteiger charge is 2.30. The monoisotopic (exact) mass is 540 g/mol. The van der Waals surface area contributed by atoms with E-state index in [1.165, 1.54) is 17.0 Å². The van der Waals surface area contributed by atoms with Gasteiger partial charge >= 0.3 is 0 Å². The molecule has 0 bridgehead atoms. The van der Waals surface area contributed by atoms with Crippen molar-refractivity contribution in [3.63, 3.8) is 0 Å². The molecule has 7 heteroatoms. The number of benzene rings is 3. The van der Waals surface area contributed by atoms with Crippen molar-refractivity contribution in [1.82, 2.24) is 10.2 Å². The second-order valence-corrected chi connectivity index (χ2v) is 9.20. The lowest BCUT2D eigenvalue weighted by molar-refractivity contribution is -0.142. The fourth-order valence-electron chi connectivity index (χ4n) is 3.85. The minimum Gasteiger partial charge on any atom is -0.484 e. The number of likely N-dealkylation sites (N-methyl/N-ethyl adjacent to an activating group) is 1. The third kappa shape index (κ3) is 7.39. The highest BCUT2D eigenvalue weighted by atomic mass is 79.9. The van der Waals surface area contributed by atoms with E-state index in [0.717, 1.165) is 26.7 Å². The fourth-order valence-corrected chi connectivity index (χ4v) is 4.08. The molecule has 0 aromatic heterocycles. The predicted octanol–water partition coefficient (Wildman–Crippen LogP) is 5.36. The first-order valence-corrected chi connectivity index (χ1v) is 12.3. The first-order chi connectivity index (χ1) is 16.8. The van der Waals surface area contributed by atoms with Gasteiger partial charge < -0.3 is 15.0 Å². The van der Waals surface area contributed by atoms with E-state index in [9.17, 15) is 14.0 Å². The van der Waals surface area contributed by atoms with Crippen LogP contribution in [0.5, 0.6) is 5.75 Å². The lowest BCUT2D eigenvalue weighted by Crippen LogP contribution is -2.51. The van der Waals surface area contributed by atoms with Crippen molar-refractivity contribution >= 4 is 27.7 Å². The number of hydrogen-bond donors (Lipinski definition) is 1.